The molecule has 2 heterocycles. The van der Waals surface area contributed by atoms with E-state index in [0.717, 1.165) is 31.4 Å². The van der Waals surface area contributed by atoms with Gasteiger partial charge in [-0.1, -0.05) is 18.2 Å². The molecule has 1 N–H and O–H groups in total. The number of ether oxygens (including phenoxy) is 1. The van der Waals surface area contributed by atoms with Gasteiger partial charge in [-0.3, -0.25) is 10.2 Å². The maximum absolute atomic E-state index is 14.1. The summed E-state index contributed by atoms with van der Waals surface area (Å²) in [5, 5.41) is 18.5. The van der Waals surface area contributed by atoms with Crippen LogP contribution < -0.4 is 4.90 Å². The molecule has 1 saturated heterocycles. The SMILES string of the molecule is CCOC(=O)C1=C(C)N(c2cccc(C(F)(F)F)c2)C(=N)C(C(=O)N2CCCCC2)C1c1ccc(C#N)cc1. The zero-order chi connectivity index (χ0) is 28.3. The molecule has 7 nitrogen and oxygen atoms in total. The molecule has 2 aromatic carbocycles. The summed E-state index contributed by atoms with van der Waals surface area (Å²) < 4.78 is 46.1. The van der Waals surface area contributed by atoms with Gasteiger partial charge in [-0.05, 0) is 69.0 Å². The van der Waals surface area contributed by atoms with E-state index in [1.165, 1.54) is 17.0 Å². The Balaban J connectivity index is 1.95. The van der Waals surface area contributed by atoms with Crippen LogP contribution in [0.15, 0.2) is 59.8 Å². The van der Waals surface area contributed by atoms with Crippen molar-refractivity contribution in [1.29, 1.82) is 10.7 Å². The van der Waals surface area contributed by atoms with E-state index in [4.69, 9.17) is 4.74 Å². The zero-order valence-electron chi connectivity index (χ0n) is 21.7. The number of benzene rings is 2. The van der Waals surface area contributed by atoms with E-state index in [-0.39, 0.29) is 35.3 Å². The summed E-state index contributed by atoms with van der Waals surface area (Å²) in [4.78, 5) is 30.4. The molecule has 1 fully saturated rings. The number of rotatable bonds is 5. The second-order valence-corrected chi connectivity index (χ2v) is 9.56. The third-order valence-electron chi connectivity index (χ3n) is 7.16. The smallest absolute Gasteiger partial charge is 0.416 e. The quantitative estimate of drug-likeness (QED) is 0.498. The number of allylic oxidation sites excluding steroid dienone is 1. The third-order valence-corrected chi connectivity index (χ3v) is 7.16. The fourth-order valence-corrected chi connectivity index (χ4v) is 5.32. The Kier molecular flexibility index (Phi) is 8.09. The molecule has 0 saturated carbocycles. The molecule has 0 spiro atoms. The number of anilines is 1. The highest BCUT2D eigenvalue weighted by Crippen LogP contribution is 2.44. The molecule has 0 aliphatic carbocycles. The number of nitriles is 1. The molecule has 204 valence electrons. The average molecular weight is 539 g/mol. The minimum Gasteiger partial charge on any atom is -0.463 e. The molecule has 2 aliphatic heterocycles. The van der Waals surface area contributed by atoms with Crippen LogP contribution in [0.5, 0.6) is 0 Å². The number of carbonyl (C=O) groups is 2. The maximum Gasteiger partial charge on any atom is 0.416 e. The Morgan fingerprint density at radius 1 is 1.10 bits per heavy atom. The first-order valence-electron chi connectivity index (χ1n) is 12.8. The molecule has 2 atom stereocenters. The summed E-state index contributed by atoms with van der Waals surface area (Å²) >= 11 is 0. The van der Waals surface area contributed by atoms with Gasteiger partial charge < -0.3 is 14.5 Å². The Hall–Kier alpha value is -4.13. The van der Waals surface area contributed by atoms with Crippen LogP contribution in [0.2, 0.25) is 0 Å². The van der Waals surface area contributed by atoms with Gasteiger partial charge in [0.2, 0.25) is 5.91 Å². The van der Waals surface area contributed by atoms with Gasteiger partial charge in [-0.2, -0.15) is 18.4 Å². The second-order valence-electron chi connectivity index (χ2n) is 9.56. The highest BCUT2D eigenvalue weighted by molar-refractivity contribution is 6.15. The number of alkyl halides is 3. The van der Waals surface area contributed by atoms with Gasteiger partial charge in [0.05, 0.1) is 29.4 Å². The zero-order valence-corrected chi connectivity index (χ0v) is 21.7. The van der Waals surface area contributed by atoms with Crippen LogP contribution >= 0.6 is 0 Å². The minimum absolute atomic E-state index is 0.0175. The lowest BCUT2D eigenvalue weighted by Crippen LogP contribution is -2.52. The van der Waals surface area contributed by atoms with E-state index in [2.05, 4.69) is 0 Å². The molecular formula is C29H29F3N4O3. The van der Waals surface area contributed by atoms with Crippen molar-refractivity contribution < 1.29 is 27.5 Å². The van der Waals surface area contributed by atoms with Crippen LogP contribution in [0.25, 0.3) is 0 Å². The van der Waals surface area contributed by atoms with Crippen LogP contribution in [-0.2, 0) is 20.5 Å². The van der Waals surface area contributed by atoms with Crippen LogP contribution in [-0.4, -0.2) is 42.3 Å². The summed E-state index contributed by atoms with van der Waals surface area (Å²) in [5.41, 5.74) is 0.308. The van der Waals surface area contributed by atoms with Gasteiger partial charge in [0.1, 0.15) is 11.8 Å². The Morgan fingerprint density at radius 2 is 1.77 bits per heavy atom. The number of likely N-dealkylation sites (tertiary alicyclic amines) is 1. The Labute approximate surface area is 225 Å². The highest BCUT2D eigenvalue weighted by Gasteiger charge is 2.48. The number of esters is 1. The molecule has 1 amide bonds. The molecule has 10 heteroatoms. The number of hydrogen-bond acceptors (Lipinski definition) is 5. The lowest BCUT2D eigenvalue weighted by Gasteiger charge is -2.43. The van der Waals surface area contributed by atoms with E-state index in [1.807, 2.05) is 6.07 Å². The number of amidine groups is 1. The first kappa shape index (κ1) is 27.9. The fraction of sp³-hybridized carbons (Fsp3) is 0.379. The van der Waals surface area contributed by atoms with Crippen molar-refractivity contribution in [3.05, 3.63) is 76.5 Å². The van der Waals surface area contributed by atoms with Gasteiger partial charge in [0, 0.05) is 30.4 Å². The Bertz CT molecular complexity index is 1340. The molecule has 2 aromatic rings. The van der Waals surface area contributed by atoms with Gasteiger partial charge in [0.15, 0.2) is 0 Å². The van der Waals surface area contributed by atoms with Crippen molar-refractivity contribution in [3.8, 4) is 6.07 Å². The molecule has 0 aromatic heterocycles. The number of amides is 1. The first-order chi connectivity index (χ1) is 18.6. The number of piperidine rings is 1. The first-order valence-corrected chi connectivity index (χ1v) is 12.8. The normalized spacial score (nSPS) is 20.1. The maximum atomic E-state index is 14.1. The summed E-state index contributed by atoms with van der Waals surface area (Å²) in [6.45, 7) is 4.20. The van der Waals surface area contributed by atoms with Crippen LogP contribution in [0.1, 0.15) is 55.7 Å². The van der Waals surface area contributed by atoms with Crippen molar-refractivity contribution >= 4 is 23.4 Å². The topological polar surface area (TPSA) is 97.5 Å². The van der Waals surface area contributed by atoms with E-state index < -0.39 is 29.5 Å². The van der Waals surface area contributed by atoms with Gasteiger partial charge in [0.25, 0.3) is 0 Å². The number of carbonyl (C=O) groups excluding carboxylic acids is 2. The fourth-order valence-electron chi connectivity index (χ4n) is 5.32. The van der Waals surface area contributed by atoms with Gasteiger partial charge >= 0.3 is 12.1 Å². The average Bonchev–Trinajstić information content (AvgIpc) is 2.93. The summed E-state index contributed by atoms with van der Waals surface area (Å²) in [6.07, 6.45) is -2.06. The predicted octanol–water partition coefficient (Wildman–Crippen LogP) is 5.62. The standard InChI is InChI=1S/C29H29F3N4O3/c1-3-39-28(38)23-18(2)36(22-9-7-8-21(16-22)29(30,31)32)26(34)25(27(37)35-14-5-4-6-15-35)24(23)20-12-10-19(17-33)11-13-20/h7-13,16,24-25,34H,3-6,14-15H2,1-2H3. The van der Waals surface area contributed by atoms with Crippen molar-refractivity contribution in [2.75, 3.05) is 24.6 Å². The van der Waals surface area contributed by atoms with E-state index in [0.29, 0.717) is 24.2 Å². The molecule has 2 unspecified atom stereocenters. The van der Waals surface area contributed by atoms with Crippen molar-refractivity contribution in [2.45, 2.75) is 45.2 Å². The molecule has 0 bridgehead atoms. The van der Waals surface area contributed by atoms with Gasteiger partial charge in [-0.25, -0.2) is 4.79 Å². The molecule has 0 radical (unpaired) electrons. The monoisotopic (exact) mass is 538 g/mol. The van der Waals surface area contributed by atoms with E-state index in [1.54, 1.807) is 43.0 Å². The molecular weight excluding hydrogens is 509 g/mol. The Morgan fingerprint density at radius 3 is 2.36 bits per heavy atom. The summed E-state index contributed by atoms with van der Waals surface area (Å²) in [5.74, 6) is -3.45. The number of nitrogens with one attached hydrogen (secondary N) is 1. The van der Waals surface area contributed by atoms with Crippen molar-refractivity contribution in [1.82, 2.24) is 4.90 Å². The van der Waals surface area contributed by atoms with Gasteiger partial charge in [-0.15, -0.1) is 0 Å². The van der Waals surface area contributed by atoms with Crippen LogP contribution in [0.3, 0.4) is 0 Å². The molecule has 4 rings (SSSR count). The number of hydrogen-bond donors (Lipinski definition) is 1. The lowest BCUT2D eigenvalue weighted by atomic mass is 9.74. The second kappa shape index (κ2) is 11.3. The predicted molar refractivity (Wildman–Crippen MR) is 139 cm³/mol. The minimum atomic E-state index is -4.62. The van der Waals surface area contributed by atoms with Crippen LogP contribution in [0.4, 0.5) is 18.9 Å². The number of halogens is 3. The number of nitrogens with zero attached hydrogens (tertiary/aromatic N) is 3. The van der Waals surface area contributed by atoms with Crippen molar-refractivity contribution in [3.63, 3.8) is 0 Å². The van der Waals surface area contributed by atoms with Crippen molar-refractivity contribution in [2.24, 2.45) is 5.92 Å². The third kappa shape index (κ3) is 5.53. The van der Waals surface area contributed by atoms with E-state index >= 15 is 0 Å². The molecule has 2 aliphatic rings. The largest absolute Gasteiger partial charge is 0.463 e. The molecule has 39 heavy (non-hydrogen) atoms. The van der Waals surface area contributed by atoms with E-state index in [9.17, 15) is 33.4 Å². The summed E-state index contributed by atoms with van der Waals surface area (Å²) in [6, 6.07) is 12.9. The lowest BCUT2D eigenvalue weighted by molar-refractivity contribution is -0.140. The summed E-state index contributed by atoms with van der Waals surface area (Å²) in [7, 11) is 0. The van der Waals surface area contributed by atoms with Crippen LogP contribution in [0, 0.1) is 22.7 Å². The highest BCUT2D eigenvalue weighted by atomic mass is 19.4.